The van der Waals surface area contributed by atoms with Crippen LogP contribution >= 0.6 is 0 Å². The van der Waals surface area contributed by atoms with Gasteiger partial charge in [0.05, 0.1) is 11.2 Å². The molecule has 0 unspecified atom stereocenters. The highest BCUT2D eigenvalue weighted by atomic mass is 16.5. The van der Waals surface area contributed by atoms with Gasteiger partial charge in [-0.15, -0.1) is 0 Å². The highest BCUT2D eigenvalue weighted by Gasteiger charge is 2.43. The van der Waals surface area contributed by atoms with Crippen molar-refractivity contribution in [3.05, 3.63) is 23.3 Å². The first-order valence-electron chi connectivity index (χ1n) is 8.48. The van der Waals surface area contributed by atoms with Crippen LogP contribution in [-0.2, 0) is 16.1 Å². The molecule has 0 saturated carbocycles. The maximum absolute atomic E-state index is 12.8. The molecule has 0 bridgehead atoms. The van der Waals surface area contributed by atoms with E-state index in [1.165, 1.54) is 0 Å². The van der Waals surface area contributed by atoms with Crippen LogP contribution in [0.15, 0.2) is 12.1 Å². The molecule has 4 aliphatic heterocycles. The molecule has 3 amide bonds. The predicted molar refractivity (Wildman–Crippen MR) is 87.2 cm³/mol. The lowest BCUT2D eigenvalue weighted by molar-refractivity contribution is -0.136. The molecule has 2 fully saturated rings. The van der Waals surface area contributed by atoms with Crippen LogP contribution in [-0.4, -0.2) is 53.9 Å². The second kappa shape index (κ2) is 4.95. The molecule has 2 saturated heterocycles. The third-order valence-corrected chi connectivity index (χ3v) is 5.45. The normalized spacial score (nSPS) is 26.3. The number of carbonyl (C=O) groups is 3. The first kappa shape index (κ1) is 14.7. The Morgan fingerprint density at radius 3 is 2.76 bits per heavy atom. The summed E-state index contributed by atoms with van der Waals surface area (Å²) in [6.45, 7) is 2.63. The Bertz CT molecular complexity index is 817. The average Bonchev–Trinajstić information content (AvgIpc) is 2.87. The maximum atomic E-state index is 12.8. The zero-order chi connectivity index (χ0) is 17.2. The van der Waals surface area contributed by atoms with E-state index >= 15 is 0 Å². The van der Waals surface area contributed by atoms with Gasteiger partial charge in [0.1, 0.15) is 18.4 Å². The van der Waals surface area contributed by atoms with Gasteiger partial charge in [0, 0.05) is 31.6 Å². The summed E-state index contributed by atoms with van der Waals surface area (Å²) in [6, 6.07) is 3.13. The summed E-state index contributed by atoms with van der Waals surface area (Å²) in [7, 11) is 0. The lowest BCUT2D eigenvalue weighted by atomic mass is 9.91. The number of ether oxygens (including phenoxy) is 1. The fourth-order valence-corrected chi connectivity index (χ4v) is 3.97. The standard InChI is InChI=1S/C17H18N4O4/c22-14-2-1-12(15(23)19-14)21-5-9-3-13-11(4-10(9)16(21)24)20-17(8-25-13)6-18-7-17/h3-4,12,18,20H,1-2,5-8H2,(H,19,22,23)/t12-/m0/s1. The van der Waals surface area contributed by atoms with E-state index in [0.717, 1.165) is 30.1 Å². The number of benzene rings is 1. The highest BCUT2D eigenvalue weighted by molar-refractivity contribution is 6.06. The summed E-state index contributed by atoms with van der Waals surface area (Å²) in [5.41, 5.74) is 2.19. The number of hydrogen-bond donors (Lipinski definition) is 3. The van der Waals surface area contributed by atoms with Crippen LogP contribution in [0.4, 0.5) is 5.69 Å². The number of fused-ring (bicyclic) bond motifs is 2. The Morgan fingerprint density at radius 2 is 2.04 bits per heavy atom. The molecular formula is C17H18N4O4. The summed E-state index contributed by atoms with van der Waals surface area (Å²) in [5.74, 6) is -0.0939. The number of piperidine rings is 1. The largest absolute Gasteiger partial charge is 0.489 e. The third kappa shape index (κ3) is 2.13. The van der Waals surface area contributed by atoms with Gasteiger partial charge in [-0.05, 0) is 24.1 Å². The summed E-state index contributed by atoms with van der Waals surface area (Å²) < 4.78 is 5.90. The van der Waals surface area contributed by atoms with Crippen molar-refractivity contribution in [2.24, 2.45) is 0 Å². The molecule has 4 heterocycles. The molecule has 0 radical (unpaired) electrons. The van der Waals surface area contributed by atoms with Gasteiger partial charge in [0.2, 0.25) is 11.8 Å². The molecular weight excluding hydrogens is 324 g/mol. The second-order valence-electron chi connectivity index (χ2n) is 7.20. The van der Waals surface area contributed by atoms with Crippen LogP contribution < -0.4 is 20.7 Å². The SMILES string of the molecule is O=C1CC[C@H](N2Cc3cc4c(cc3C2=O)NC2(CNC2)CO4)C(=O)N1. The van der Waals surface area contributed by atoms with E-state index in [-0.39, 0.29) is 23.8 Å². The Labute approximate surface area is 143 Å². The van der Waals surface area contributed by atoms with Crippen LogP contribution in [0.25, 0.3) is 0 Å². The van der Waals surface area contributed by atoms with E-state index in [1.807, 2.05) is 12.1 Å². The van der Waals surface area contributed by atoms with Crippen molar-refractivity contribution in [2.45, 2.75) is 31.0 Å². The Balaban J connectivity index is 1.44. The monoisotopic (exact) mass is 342 g/mol. The molecule has 130 valence electrons. The zero-order valence-electron chi connectivity index (χ0n) is 13.6. The molecule has 1 spiro atoms. The minimum Gasteiger partial charge on any atom is -0.489 e. The highest BCUT2D eigenvalue weighted by Crippen LogP contribution is 2.39. The summed E-state index contributed by atoms with van der Waals surface area (Å²) in [6.07, 6.45) is 0.626. The molecule has 1 atom stereocenters. The van der Waals surface area contributed by atoms with E-state index in [1.54, 1.807) is 4.90 Å². The van der Waals surface area contributed by atoms with Crippen LogP contribution in [0.2, 0.25) is 0 Å². The Hall–Kier alpha value is -2.61. The molecule has 0 aromatic heterocycles. The molecule has 25 heavy (non-hydrogen) atoms. The van der Waals surface area contributed by atoms with E-state index in [2.05, 4.69) is 16.0 Å². The summed E-state index contributed by atoms with van der Waals surface area (Å²) in [4.78, 5) is 37.8. The zero-order valence-corrected chi connectivity index (χ0v) is 13.6. The van der Waals surface area contributed by atoms with Crippen LogP contribution in [0.3, 0.4) is 0 Å². The van der Waals surface area contributed by atoms with Crippen molar-refractivity contribution in [3.8, 4) is 5.75 Å². The average molecular weight is 342 g/mol. The summed E-state index contributed by atoms with van der Waals surface area (Å²) >= 11 is 0. The first-order chi connectivity index (χ1) is 12.0. The van der Waals surface area contributed by atoms with Gasteiger partial charge in [0.25, 0.3) is 5.91 Å². The molecule has 4 aliphatic rings. The molecule has 1 aromatic carbocycles. The van der Waals surface area contributed by atoms with Crippen molar-refractivity contribution in [1.29, 1.82) is 0 Å². The van der Waals surface area contributed by atoms with E-state index < -0.39 is 11.9 Å². The maximum Gasteiger partial charge on any atom is 0.255 e. The Kier molecular flexibility index (Phi) is 2.91. The molecule has 3 N–H and O–H groups in total. The fourth-order valence-electron chi connectivity index (χ4n) is 3.97. The number of amides is 3. The van der Waals surface area contributed by atoms with Gasteiger partial charge in [-0.2, -0.15) is 0 Å². The molecule has 5 rings (SSSR count). The van der Waals surface area contributed by atoms with Gasteiger partial charge in [0.15, 0.2) is 0 Å². The second-order valence-corrected chi connectivity index (χ2v) is 7.20. The van der Waals surface area contributed by atoms with Crippen molar-refractivity contribution >= 4 is 23.4 Å². The van der Waals surface area contributed by atoms with Crippen molar-refractivity contribution in [1.82, 2.24) is 15.5 Å². The fraction of sp³-hybridized carbons (Fsp3) is 0.471. The van der Waals surface area contributed by atoms with Gasteiger partial charge in [-0.3, -0.25) is 19.7 Å². The summed E-state index contributed by atoms with van der Waals surface area (Å²) in [5, 5.41) is 9.04. The molecule has 8 nitrogen and oxygen atoms in total. The number of nitrogens with zero attached hydrogens (tertiary/aromatic N) is 1. The van der Waals surface area contributed by atoms with Gasteiger partial charge < -0.3 is 20.3 Å². The number of rotatable bonds is 1. The van der Waals surface area contributed by atoms with Crippen LogP contribution in [0.1, 0.15) is 28.8 Å². The molecule has 1 aromatic rings. The lowest BCUT2D eigenvalue weighted by Crippen LogP contribution is -2.68. The number of nitrogens with one attached hydrogen (secondary N) is 3. The first-order valence-corrected chi connectivity index (χ1v) is 8.48. The number of anilines is 1. The molecule has 0 aliphatic carbocycles. The Morgan fingerprint density at radius 1 is 1.20 bits per heavy atom. The van der Waals surface area contributed by atoms with Crippen molar-refractivity contribution in [2.75, 3.05) is 25.0 Å². The van der Waals surface area contributed by atoms with E-state index in [4.69, 9.17) is 4.74 Å². The van der Waals surface area contributed by atoms with Gasteiger partial charge in [-0.1, -0.05) is 0 Å². The number of carbonyl (C=O) groups excluding carboxylic acids is 3. The van der Waals surface area contributed by atoms with Crippen LogP contribution in [0, 0.1) is 0 Å². The third-order valence-electron chi connectivity index (χ3n) is 5.45. The predicted octanol–water partition coefficient (Wildman–Crippen LogP) is -0.406. The van der Waals surface area contributed by atoms with Gasteiger partial charge >= 0.3 is 0 Å². The van der Waals surface area contributed by atoms with Crippen molar-refractivity contribution in [3.63, 3.8) is 0 Å². The van der Waals surface area contributed by atoms with E-state index in [0.29, 0.717) is 25.1 Å². The van der Waals surface area contributed by atoms with Crippen molar-refractivity contribution < 1.29 is 19.1 Å². The minimum absolute atomic E-state index is 0.0911. The quantitative estimate of drug-likeness (QED) is 0.600. The lowest BCUT2D eigenvalue weighted by Gasteiger charge is -2.46. The van der Waals surface area contributed by atoms with E-state index in [9.17, 15) is 14.4 Å². The van der Waals surface area contributed by atoms with Gasteiger partial charge in [-0.25, -0.2) is 0 Å². The van der Waals surface area contributed by atoms with Crippen LogP contribution in [0.5, 0.6) is 5.75 Å². The number of hydrogen-bond acceptors (Lipinski definition) is 6. The topological polar surface area (TPSA) is 99.8 Å². The minimum atomic E-state index is -0.592. The molecule has 8 heteroatoms. The number of imide groups is 1. The smallest absolute Gasteiger partial charge is 0.255 e.